The normalized spacial score (nSPS) is 10.5. The highest BCUT2D eigenvalue weighted by atomic mass is 79.9. The molecule has 0 amide bonds. The Labute approximate surface area is 91.7 Å². The molecule has 14 heavy (non-hydrogen) atoms. The van der Waals surface area contributed by atoms with Gasteiger partial charge in [0.15, 0.2) is 0 Å². The third kappa shape index (κ3) is 1.60. The number of hydrogen-bond acceptors (Lipinski definition) is 2. The third-order valence-corrected chi connectivity index (χ3v) is 2.66. The highest BCUT2D eigenvalue weighted by molar-refractivity contribution is 9.10. The van der Waals surface area contributed by atoms with Gasteiger partial charge in [-0.2, -0.15) is 0 Å². The van der Waals surface area contributed by atoms with Gasteiger partial charge in [0, 0.05) is 35.8 Å². The summed E-state index contributed by atoms with van der Waals surface area (Å²) in [7, 11) is 4.07. The molecule has 0 fully saturated rings. The summed E-state index contributed by atoms with van der Waals surface area (Å²) in [4.78, 5) is 6.41. The van der Waals surface area contributed by atoms with Gasteiger partial charge in [-0.15, -0.1) is 0 Å². The second-order valence-electron chi connectivity index (χ2n) is 3.39. The zero-order chi connectivity index (χ0) is 10.1. The Balaban J connectivity index is 2.77. The monoisotopic (exact) mass is 250 g/mol. The summed E-state index contributed by atoms with van der Waals surface area (Å²) in [5.74, 6) is 0. The zero-order valence-electron chi connectivity index (χ0n) is 8.16. The molecule has 3 heteroatoms. The molecule has 1 aromatic carbocycles. The molecule has 0 spiro atoms. The van der Waals surface area contributed by atoms with Crippen LogP contribution >= 0.6 is 15.9 Å². The van der Waals surface area contributed by atoms with Crippen LogP contribution in [0.5, 0.6) is 0 Å². The van der Waals surface area contributed by atoms with Crippen molar-refractivity contribution < 1.29 is 0 Å². The van der Waals surface area contributed by atoms with Crippen LogP contribution in [0.15, 0.2) is 34.9 Å². The van der Waals surface area contributed by atoms with Gasteiger partial charge in [-0.3, -0.25) is 4.98 Å². The van der Waals surface area contributed by atoms with Crippen molar-refractivity contribution in [3.05, 3.63) is 34.9 Å². The van der Waals surface area contributed by atoms with Crippen molar-refractivity contribution in [2.45, 2.75) is 0 Å². The number of fused-ring (bicyclic) bond motifs is 1. The second-order valence-corrected chi connectivity index (χ2v) is 4.30. The molecule has 0 saturated heterocycles. The number of benzene rings is 1. The van der Waals surface area contributed by atoms with Crippen LogP contribution in [0, 0.1) is 0 Å². The number of aromatic nitrogens is 1. The van der Waals surface area contributed by atoms with E-state index in [9.17, 15) is 0 Å². The van der Waals surface area contributed by atoms with E-state index in [0.29, 0.717) is 0 Å². The van der Waals surface area contributed by atoms with Crippen LogP contribution in [0.3, 0.4) is 0 Å². The zero-order valence-corrected chi connectivity index (χ0v) is 9.75. The molecule has 0 bridgehead atoms. The van der Waals surface area contributed by atoms with Gasteiger partial charge in [0.25, 0.3) is 0 Å². The van der Waals surface area contributed by atoms with Gasteiger partial charge < -0.3 is 4.90 Å². The Bertz CT molecular complexity index is 466. The number of rotatable bonds is 1. The van der Waals surface area contributed by atoms with Crippen LogP contribution in [0.1, 0.15) is 0 Å². The van der Waals surface area contributed by atoms with Crippen LogP contribution in [0.2, 0.25) is 0 Å². The molecule has 0 aliphatic heterocycles. The average molecular weight is 251 g/mol. The summed E-state index contributed by atoms with van der Waals surface area (Å²) < 4.78 is 1.08. The van der Waals surface area contributed by atoms with Crippen LogP contribution in [0.4, 0.5) is 5.69 Å². The standard InChI is InChI=1S/C11H11BrN2/c1-14(2)11-5-6-13-10-4-3-8(12)7-9(10)11/h3-7H,1-2H3. The number of pyridine rings is 1. The van der Waals surface area contributed by atoms with Crippen molar-refractivity contribution in [2.75, 3.05) is 19.0 Å². The maximum Gasteiger partial charge on any atom is 0.0723 e. The maximum absolute atomic E-state index is 4.32. The fourth-order valence-electron chi connectivity index (χ4n) is 1.49. The first-order valence-corrected chi connectivity index (χ1v) is 5.19. The van der Waals surface area contributed by atoms with Crippen LogP contribution in [-0.2, 0) is 0 Å². The molecular weight excluding hydrogens is 240 g/mol. The van der Waals surface area contributed by atoms with Gasteiger partial charge >= 0.3 is 0 Å². The number of anilines is 1. The molecule has 1 aromatic heterocycles. The maximum atomic E-state index is 4.32. The van der Waals surface area contributed by atoms with E-state index in [2.05, 4.69) is 31.9 Å². The van der Waals surface area contributed by atoms with E-state index in [0.717, 1.165) is 9.99 Å². The summed E-state index contributed by atoms with van der Waals surface area (Å²) in [6, 6.07) is 8.15. The number of hydrogen-bond donors (Lipinski definition) is 0. The first-order valence-electron chi connectivity index (χ1n) is 4.40. The van der Waals surface area contributed by atoms with E-state index >= 15 is 0 Å². The van der Waals surface area contributed by atoms with E-state index < -0.39 is 0 Å². The Morgan fingerprint density at radius 3 is 2.71 bits per heavy atom. The van der Waals surface area contributed by atoms with Gasteiger partial charge in [0.1, 0.15) is 0 Å². The predicted molar refractivity (Wildman–Crippen MR) is 63.8 cm³/mol. The molecule has 2 nitrogen and oxygen atoms in total. The second kappa shape index (κ2) is 3.58. The Hall–Kier alpha value is -1.09. The van der Waals surface area contributed by atoms with Gasteiger partial charge in [0.2, 0.25) is 0 Å². The molecule has 0 radical (unpaired) electrons. The summed E-state index contributed by atoms with van der Waals surface area (Å²) >= 11 is 3.47. The quantitative estimate of drug-likeness (QED) is 0.774. The van der Waals surface area contributed by atoms with E-state index in [-0.39, 0.29) is 0 Å². The minimum atomic E-state index is 1.03. The van der Waals surface area contributed by atoms with Crippen molar-refractivity contribution in [2.24, 2.45) is 0 Å². The Morgan fingerprint density at radius 2 is 2.00 bits per heavy atom. The van der Waals surface area contributed by atoms with Crippen molar-refractivity contribution >= 4 is 32.5 Å². The summed E-state index contributed by atoms with van der Waals surface area (Å²) in [5.41, 5.74) is 2.22. The molecule has 0 saturated carbocycles. The summed E-state index contributed by atoms with van der Waals surface area (Å²) in [6.45, 7) is 0. The molecule has 2 rings (SSSR count). The van der Waals surface area contributed by atoms with Gasteiger partial charge in [-0.05, 0) is 24.3 Å². The first-order chi connectivity index (χ1) is 6.68. The average Bonchev–Trinajstić information content (AvgIpc) is 2.16. The van der Waals surface area contributed by atoms with Crippen molar-refractivity contribution in [3.63, 3.8) is 0 Å². The molecular formula is C11H11BrN2. The largest absolute Gasteiger partial charge is 0.377 e. The van der Waals surface area contributed by atoms with E-state index in [4.69, 9.17) is 0 Å². The highest BCUT2D eigenvalue weighted by Crippen LogP contribution is 2.26. The van der Waals surface area contributed by atoms with Gasteiger partial charge in [0.05, 0.1) is 5.52 Å². The topological polar surface area (TPSA) is 16.1 Å². The fraction of sp³-hybridized carbons (Fsp3) is 0.182. The molecule has 0 aliphatic rings. The third-order valence-electron chi connectivity index (χ3n) is 2.16. The number of nitrogens with zero attached hydrogens (tertiary/aromatic N) is 2. The lowest BCUT2D eigenvalue weighted by molar-refractivity contribution is 1.14. The van der Waals surface area contributed by atoms with E-state index in [1.165, 1.54) is 11.1 Å². The molecule has 0 atom stereocenters. The fourth-order valence-corrected chi connectivity index (χ4v) is 1.86. The molecule has 72 valence electrons. The Kier molecular flexibility index (Phi) is 2.42. The molecule has 0 N–H and O–H groups in total. The predicted octanol–water partition coefficient (Wildman–Crippen LogP) is 3.06. The molecule has 0 unspecified atom stereocenters. The van der Waals surface area contributed by atoms with E-state index in [1.54, 1.807) is 0 Å². The highest BCUT2D eigenvalue weighted by Gasteiger charge is 2.03. The minimum absolute atomic E-state index is 1.03. The summed E-state index contributed by atoms with van der Waals surface area (Å²) in [5, 5.41) is 1.17. The van der Waals surface area contributed by atoms with Crippen LogP contribution < -0.4 is 4.90 Å². The lowest BCUT2D eigenvalue weighted by Gasteiger charge is -2.14. The molecule has 1 heterocycles. The molecule has 0 aliphatic carbocycles. The van der Waals surface area contributed by atoms with Crippen LogP contribution in [0.25, 0.3) is 10.9 Å². The Morgan fingerprint density at radius 1 is 1.21 bits per heavy atom. The van der Waals surface area contributed by atoms with Crippen molar-refractivity contribution in [1.29, 1.82) is 0 Å². The lowest BCUT2D eigenvalue weighted by atomic mass is 10.2. The SMILES string of the molecule is CN(C)c1ccnc2ccc(Br)cc12. The van der Waals surface area contributed by atoms with Crippen molar-refractivity contribution in [1.82, 2.24) is 4.98 Å². The lowest BCUT2D eigenvalue weighted by Crippen LogP contribution is -2.09. The minimum Gasteiger partial charge on any atom is -0.377 e. The van der Waals surface area contributed by atoms with Gasteiger partial charge in [-0.25, -0.2) is 0 Å². The van der Waals surface area contributed by atoms with Gasteiger partial charge in [-0.1, -0.05) is 15.9 Å². The van der Waals surface area contributed by atoms with E-state index in [1.807, 2.05) is 38.5 Å². The summed E-state index contributed by atoms with van der Waals surface area (Å²) in [6.07, 6.45) is 1.84. The van der Waals surface area contributed by atoms with Crippen molar-refractivity contribution in [3.8, 4) is 0 Å². The molecule has 2 aromatic rings. The number of halogens is 1. The smallest absolute Gasteiger partial charge is 0.0723 e. The first kappa shape index (κ1) is 9.46. The van der Waals surface area contributed by atoms with Crippen LogP contribution in [-0.4, -0.2) is 19.1 Å².